The van der Waals surface area contributed by atoms with Gasteiger partial charge in [-0.1, -0.05) is 6.07 Å². The number of carboxylic acid groups (broad SMARTS) is 1. The topological polar surface area (TPSA) is 66.4 Å². The number of rotatable bonds is 3. The van der Waals surface area contributed by atoms with E-state index in [1.54, 1.807) is 6.07 Å². The third-order valence-corrected chi connectivity index (χ3v) is 2.99. The number of benzene rings is 1. The van der Waals surface area contributed by atoms with Gasteiger partial charge in [0.1, 0.15) is 0 Å². The average molecular weight is 247 g/mol. The minimum atomic E-state index is -1.08. The molecule has 4 heteroatoms. The Morgan fingerprint density at radius 1 is 1.06 bits per heavy atom. The van der Waals surface area contributed by atoms with Gasteiger partial charge in [-0.15, -0.1) is 0 Å². The Hall–Kier alpha value is -2.10. The van der Waals surface area contributed by atoms with Crippen molar-refractivity contribution in [2.75, 3.05) is 5.32 Å². The van der Waals surface area contributed by atoms with Gasteiger partial charge in [0.25, 0.3) is 5.91 Å². The Balaban J connectivity index is 2.92. The molecule has 2 N–H and O–H groups in total. The van der Waals surface area contributed by atoms with E-state index >= 15 is 0 Å². The van der Waals surface area contributed by atoms with Crippen molar-refractivity contribution in [2.24, 2.45) is 0 Å². The number of amides is 1. The zero-order valence-corrected chi connectivity index (χ0v) is 11.0. The summed E-state index contributed by atoms with van der Waals surface area (Å²) in [5.74, 6) is -1.47. The van der Waals surface area contributed by atoms with Gasteiger partial charge in [0, 0.05) is 16.8 Å². The van der Waals surface area contributed by atoms with Gasteiger partial charge < -0.3 is 10.4 Å². The van der Waals surface area contributed by atoms with Gasteiger partial charge in [0.2, 0.25) is 0 Å². The van der Waals surface area contributed by atoms with Gasteiger partial charge in [-0.3, -0.25) is 4.79 Å². The van der Waals surface area contributed by atoms with Crippen LogP contribution in [0.3, 0.4) is 0 Å². The second-order valence-corrected chi connectivity index (χ2v) is 4.31. The Kier molecular flexibility index (Phi) is 4.26. The molecule has 1 aromatic carbocycles. The molecule has 0 aliphatic carbocycles. The van der Waals surface area contributed by atoms with Crippen molar-refractivity contribution >= 4 is 17.6 Å². The van der Waals surface area contributed by atoms with E-state index in [4.69, 9.17) is 5.11 Å². The zero-order chi connectivity index (χ0) is 13.9. The summed E-state index contributed by atoms with van der Waals surface area (Å²) in [4.78, 5) is 22.6. The molecule has 18 heavy (non-hydrogen) atoms. The normalized spacial score (nSPS) is 11.8. The van der Waals surface area contributed by atoms with Crippen LogP contribution in [-0.2, 0) is 9.59 Å². The third kappa shape index (κ3) is 3.20. The molecular formula is C14H17NO3. The minimum Gasteiger partial charge on any atom is -0.478 e. The highest BCUT2D eigenvalue weighted by Gasteiger charge is 2.12. The van der Waals surface area contributed by atoms with Crippen LogP contribution in [0.25, 0.3) is 0 Å². The number of aliphatic carboxylic acids is 1. The molecular weight excluding hydrogens is 230 g/mol. The fourth-order valence-corrected chi connectivity index (χ4v) is 1.37. The van der Waals surface area contributed by atoms with Crippen LogP contribution in [0.5, 0.6) is 0 Å². The predicted octanol–water partition coefficient (Wildman–Crippen LogP) is 2.66. The highest BCUT2D eigenvalue weighted by molar-refractivity contribution is 6.08. The number of nitrogens with one attached hydrogen (secondary N) is 1. The lowest BCUT2D eigenvalue weighted by molar-refractivity contribution is -0.133. The predicted molar refractivity (Wildman–Crippen MR) is 70.6 cm³/mol. The molecule has 4 nitrogen and oxygen atoms in total. The first-order valence-corrected chi connectivity index (χ1v) is 5.62. The molecule has 0 bridgehead atoms. The molecule has 0 heterocycles. The van der Waals surface area contributed by atoms with Crippen LogP contribution in [0, 0.1) is 13.8 Å². The van der Waals surface area contributed by atoms with E-state index in [9.17, 15) is 9.59 Å². The first-order valence-electron chi connectivity index (χ1n) is 5.62. The molecule has 0 fully saturated rings. The van der Waals surface area contributed by atoms with Crippen molar-refractivity contribution in [3.05, 3.63) is 40.5 Å². The van der Waals surface area contributed by atoms with E-state index in [0.29, 0.717) is 5.69 Å². The van der Waals surface area contributed by atoms with Crippen molar-refractivity contribution in [3.8, 4) is 0 Å². The number of carbonyl (C=O) groups is 2. The Bertz CT molecular complexity index is 530. The van der Waals surface area contributed by atoms with Crippen LogP contribution in [0.2, 0.25) is 0 Å². The number of aryl methyl sites for hydroxylation is 2. The number of hydrogen-bond donors (Lipinski definition) is 2. The van der Waals surface area contributed by atoms with Crippen molar-refractivity contribution in [1.29, 1.82) is 0 Å². The number of carboxylic acids is 1. The van der Waals surface area contributed by atoms with Crippen LogP contribution < -0.4 is 5.32 Å². The van der Waals surface area contributed by atoms with Crippen LogP contribution in [0.4, 0.5) is 5.69 Å². The largest absolute Gasteiger partial charge is 0.478 e. The molecule has 0 saturated heterocycles. The summed E-state index contributed by atoms with van der Waals surface area (Å²) in [7, 11) is 0. The smallest absolute Gasteiger partial charge is 0.331 e. The van der Waals surface area contributed by atoms with Crippen molar-refractivity contribution < 1.29 is 14.7 Å². The van der Waals surface area contributed by atoms with Gasteiger partial charge in [0.15, 0.2) is 0 Å². The molecule has 96 valence electrons. The quantitative estimate of drug-likeness (QED) is 0.807. The summed E-state index contributed by atoms with van der Waals surface area (Å²) < 4.78 is 0. The third-order valence-electron chi connectivity index (χ3n) is 2.99. The monoisotopic (exact) mass is 247 g/mol. The van der Waals surface area contributed by atoms with Crippen molar-refractivity contribution in [3.63, 3.8) is 0 Å². The summed E-state index contributed by atoms with van der Waals surface area (Å²) in [6.07, 6.45) is 0. The second kappa shape index (κ2) is 5.49. The Morgan fingerprint density at radius 3 is 2.17 bits per heavy atom. The summed E-state index contributed by atoms with van der Waals surface area (Å²) in [5, 5.41) is 11.5. The SMILES string of the molecule is C/C(C(=O)O)=C(\C)C(=O)Nc1ccc(C)c(C)c1. The van der Waals surface area contributed by atoms with Crippen LogP contribution >= 0.6 is 0 Å². The van der Waals surface area contributed by atoms with E-state index in [1.807, 2.05) is 26.0 Å². The summed E-state index contributed by atoms with van der Waals surface area (Å²) >= 11 is 0. The molecule has 0 aliphatic heterocycles. The minimum absolute atomic E-state index is 0.0522. The second-order valence-electron chi connectivity index (χ2n) is 4.31. The van der Waals surface area contributed by atoms with E-state index < -0.39 is 11.9 Å². The summed E-state index contributed by atoms with van der Waals surface area (Å²) in [6, 6.07) is 5.56. The van der Waals surface area contributed by atoms with Gasteiger partial charge in [-0.05, 0) is 51.0 Å². The fraction of sp³-hybridized carbons (Fsp3) is 0.286. The maximum atomic E-state index is 11.8. The van der Waals surface area contributed by atoms with E-state index in [2.05, 4.69) is 5.32 Å². The molecule has 0 aromatic heterocycles. The maximum Gasteiger partial charge on any atom is 0.331 e. The fourth-order valence-electron chi connectivity index (χ4n) is 1.37. The number of anilines is 1. The Labute approximate surface area is 106 Å². The Morgan fingerprint density at radius 2 is 1.67 bits per heavy atom. The van der Waals surface area contributed by atoms with E-state index in [1.165, 1.54) is 13.8 Å². The molecule has 0 atom stereocenters. The molecule has 0 aliphatic rings. The molecule has 0 saturated carbocycles. The molecule has 1 amide bonds. The van der Waals surface area contributed by atoms with Crippen LogP contribution in [0.15, 0.2) is 29.3 Å². The van der Waals surface area contributed by atoms with Crippen molar-refractivity contribution in [1.82, 2.24) is 0 Å². The highest BCUT2D eigenvalue weighted by atomic mass is 16.4. The first kappa shape index (κ1) is 14.0. The van der Waals surface area contributed by atoms with Crippen molar-refractivity contribution in [2.45, 2.75) is 27.7 Å². The number of hydrogen-bond acceptors (Lipinski definition) is 2. The molecule has 0 unspecified atom stereocenters. The summed E-state index contributed by atoms with van der Waals surface area (Å²) in [6.45, 7) is 6.86. The molecule has 1 aromatic rings. The average Bonchev–Trinajstić information content (AvgIpc) is 2.31. The van der Waals surface area contributed by atoms with Gasteiger partial charge in [0.05, 0.1) is 0 Å². The van der Waals surface area contributed by atoms with Gasteiger partial charge in [-0.2, -0.15) is 0 Å². The first-order chi connectivity index (χ1) is 8.32. The highest BCUT2D eigenvalue weighted by Crippen LogP contribution is 2.15. The lowest BCUT2D eigenvalue weighted by Gasteiger charge is -2.08. The molecule has 1 rings (SSSR count). The van der Waals surface area contributed by atoms with Gasteiger partial charge >= 0.3 is 5.97 Å². The maximum absolute atomic E-state index is 11.8. The van der Waals surface area contributed by atoms with E-state index in [0.717, 1.165) is 11.1 Å². The standard InChI is InChI=1S/C14H17NO3/c1-8-5-6-12(7-9(8)2)15-13(16)10(3)11(4)14(17)18/h5-7H,1-4H3,(H,15,16)(H,17,18)/b11-10-. The lowest BCUT2D eigenvalue weighted by atomic mass is 10.1. The van der Waals surface area contributed by atoms with Gasteiger partial charge in [-0.25, -0.2) is 4.79 Å². The summed E-state index contributed by atoms with van der Waals surface area (Å²) in [5.41, 5.74) is 3.14. The van der Waals surface area contributed by atoms with E-state index in [-0.39, 0.29) is 11.1 Å². The van der Waals surface area contributed by atoms with Crippen LogP contribution in [0.1, 0.15) is 25.0 Å². The zero-order valence-electron chi connectivity index (χ0n) is 11.0. The van der Waals surface area contributed by atoms with Crippen LogP contribution in [-0.4, -0.2) is 17.0 Å². The molecule has 0 spiro atoms. The lowest BCUT2D eigenvalue weighted by Crippen LogP contribution is -2.16. The number of carbonyl (C=O) groups excluding carboxylic acids is 1. The molecule has 0 radical (unpaired) electrons.